The van der Waals surface area contributed by atoms with Gasteiger partial charge < -0.3 is 10.8 Å². The van der Waals surface area contributed by atoms with Gasteiger partial charge in [-0.3, -0.25) is 0 Å². The van der Waals surface area contributed by atoms with E-state index in [1.165, 1.54) is 0 Å². The molecule has 12 heavy (non-hydrogen) atoms. The summed E-state index contributed by atoms with van der Waals surface area (Å²) in [6.07, 6.45) is 6.26. The molecular formula is C9H19NOS. The highest BCUT2D eigenvalue weighted by Gasteiger charge is 2.46. The van der Waals surface area contributed by atoms with E-state index in [1.54, 1.807) is 0 Å². The molecule has 1 fully saturated rings. The molecular weight excluding hydrogens is 170 g/mol. The predicted octanol–water partition coefficient (Wildman–Crippen LogP) is 1.23. The van der Waals surface area contributed by atoms with Crippen LogP contribution >= 0.6 is 11.8 Å². The van der Waals surface area contributed by atoms with Gasteiger partial charge in [-0.2, -0.15) is 11.8 Å². The second-order valence-corrected chi connectivity index (χ2v) is 4.70. The number of hydrogen-bond donors (Lipinski definition) is 2. The first kappa shape index (κ1) is 10.4. The number of thioether (sulfide) groups is 1. The van der Waals surface area contributed by atoms with Gasteiger partial charge in [0.1, 0.15) is 0 Å². The molecule has 0 radical (unpaired) electrons. The summed E-state index contributed by atoms with van der Waals surface area (Å²) >= 11 is 1.84. The lowest BCUT2D eigenvalue weighted by Crippen LogP contribution is -2.29. The molecule has 1 unspecified atom stereocenters. The van der Waals surface area contributed by atoms with Gasteiger partial charge >= 0.3 is 0 Å². The Hall–Kier alpha value is 0.270. The van der Waals surface area contributed by atoms with Gasteiger partial charge in [-0.25, -0.2) is 0 Å². The SMILES string of the molecule is CSCCCC(O)C1(CN)CC1. The van der Waals surface area contributed by atoms with Crippen molar-refractivity contribution < 1.29 is 5.11 Å². The molecule has 0 amide bonds. The first-order valence-electron chi connectivity index (χ1n) is 4.62. The average Bonchev–Trinajstić information content (AvgIpc) is 2.85. The normalized spacial score (nSPS) is 22.2. The van der Waals surface area contributed by atoms with E-state index in [0.717, 1.165) is 31.4 Å². The van der Waals surface area contributed by atoms with Crippen LogP contribution in [0.4, 0.5) is 0 Å². The standard InChI is InChI=1S/C9H19NOS/c1-12-6-2-3-8(11)9(7-10)4-5-9/h8,11H,2-7,10H2,1H3. The Morgan fingerprint density at radius 3 is 2.67 bits per heavy atom. The smallest absolute Gasteiger partial charge is 0.0608 e. The number of aliphatic hydroxyl groups excluding tert-OH is 1. The number of rotatable bonds is 6. The van der Waals surface area contributed by atoms with Gasteiger partial charge in [0.15, 0.2) is 0 Å². The molecule has 1 aliphatic carbocycles. The first-order valence-corrected chi connectivity index (χ1v) is 6.01. The van der Waals surface area contributed by atoms with Crippen molar-refractivity contribution in [3.8, 4) is 0 Å². The van der Waals surface area contributed by atoms with Crippen molar-refractivity contribution in [1.29, 1.82) is 0 Å². The largest absolute Gasteiger partial charge is 0.393 e. The summed E-state index contributed by atoms with van der Waals surface area (Å²) in [4.78, 5) is 0. The minimum Gasteiger partial charge on any atom is -0.393 e. The maximum absolute atomic E-state index is 9.78. The highest BCUT2D eigenvalue weighted by Crippen LogP contribution is 2.48. The lowest BCUT2D eigenvalue weighted by atomic mass is 9.96. The third-order valence-electron chi connectivity index (χ3n) is 2.83. The van der Waals surface area contributed by atoms with Gasteiger partial charge in [-0.1, -0.05) is 0 Å². The number of aliphatic hydroxyl groups is 1. The Morgan fingerprint density at radius 1 is 1.58 bits per heavy atom. The Bertz CT molecular complexity index is 136. The molecule has 1 saturated carbocycles. The summed E-state index contributed by atoms with van der Waals surface area (Å²) in [6.45, 7) is 0.660. The van der Waals surface area contributed by atoms with Gasteiger partial charge in [-0.05, 0) is 37.7 Å². The molecule has 0 saturated heterocycles. The van der Waals surface area contributed by atoms with Gasteiger partial charge in [0.2, 0.25) is 0 Å². The topological polar surface area (TPSA) is 46.2 Å². The third kappa shape index (κ3) is 2.38. The van der Waals surface area contributed by atoms with Crippen LogP contribution in [0.3, 0.4) is 0 Å². The van der Waals surface area contributed by atoms with Crippen LogP contribution in [0.2, 0.25) is 0 Å². The highest BCUT2D eigenvalue weighted by atomic mass is 32.2. The van der Waals surface area contributed by atoms with Crippen molar-refractivity contribution in [2.45, 2.75) is 31.8 Å². The second-order valence-electron chi connectivity index (χ2n) is 3.72. The van der Waals surface area contributed by atoms with Crippen LogP contribution in [0.15, 0.2) is 0 Å². The fourth-order valence-corrected chi connectivity index (χ4v) is 2.02. The monoisotopic (exact) mass is 189 g/mol. The first-order chi connectivity index (χ1) is 5.75. The van der Waals surface area contributed by atoms with Crippen molar-refractivity contribution in [1.82, 2.24) is 0 Å². The number of hydrogen-bond acceptors (Lipinski definition) is 3. The van der Waals surface area contributed by atoms with Crippen LogP contribution in [0.25, 0.3) is 0 Å². The minimum absolute atomic E-state index is 0.123. The maximum atomic E-state index is 9.78. The van der Waals surface area contributed by atoms with Crippen LogP contribution in [0.5, 0.6) is 0 Å². The quantitative estimate of drug-likeness (QED) is 0.618. The molecule has 0 heterocycles. The van der Waals surface area contributed by atoms with E-state index >= 15 is 0 Å². The van der Waals surface area contributed by atoms with Crippen molar-refractivity contribution >= 4 is 11.8 Å². The lowest BCUT2D eigenvalue weighted by Gasteiger charge is -2.19. The van der Waals surface area contributed by atoms with Gasteiger partial charge in [-0.15, -0.1) is 0 Å². The molecule has 1 rings (SSSR count). The maximum Gasteiger partial charge on any atom is 0.0608 e. The highest BCUT2D eigenvalue weighted by molar-refractivity contribution is 7.98. The molecule has 0 spiro atoms. The molecule has 2 nitrogen and oxygen atoms in total. The average molecular weight is 189 g/mol. The molecule has 3 N–H and O–H groups in total. The van der Waals surface area contributed by atoms with Crippen molar-refractivity contribution in [3.63, 3.8) is 0 Å². The van der Waals surface area contributed by atoms with Crippen molar-refractivity contribution in [2.24, 2.45) is 11.1 Å². The fourth-order valence-electron chi connectivity index (χ4n) is 1.56. The van der Waals surface area contributed by atoms with Crippen molar-refractivity contribution in [3.05, 3.63) is 0 Å². The molecule has 0 aromatic carbocycles. The van der Waals surface area contributed by atoms with Crippen molar-refractivity contribution in [2.75, 3.05) is 18.6 Å². The molecule has 1 atom stereocenters. The molecule has 1 aliphatic rings. The van der Waals surface area contributed by atoms with E-state index in [1.807, 2.05) is 11.8 Å². The van der Waals surface area contributed by atoms with Crippen LogP contribution in [0.1, 0.15) is 25.7 Å². The number of nitrogens with two attached hydrogens (primary N) is 1. The lowest BCUT2D eigenvalue weighted by molar-refractivity contribution is 0.0882. The second kappa shape index (κ2) is 4.49. The van der Waals surface area contributed by atoms with E-state index < -0.39 is 0 Å². The van der Waals surface area contributed by atoms with Crippen LogP contribution < -0.4 is 5.73 Å². The summed E-state index contributed by atoms with van der Waals surface area (Å²) in [5, 5.41) is 9.78. The van der Waals surface area contributed by atoms with Gasteiger partial charge in [0.05, 0.1) is 6.10 Å². The van der Waals surface area contributed by atoms with Crippen LogP contribution in [-0.2, 0) is 0 Å². The summed E-state index contributed by atoms with van der Waals surface area (Å²) in [5.41, 5.74) is 5.73. The fraction of sp³-hybridized carbons (Fsp3) is 1.00. The van der Waals surface area contributed by atoms with Gasteiger partial charge in [0.25, 0.3) is 0 Å². The van der Waals surface area contributed by atoms with E-state index in [2.05, 4.69) is 6.26 Å². The zero-order valence-electron chi connectivity index (χ0n) is 7.75. The van der Waals surface area contributed by atoms with Crippen LogP contribution in [0, 0.1) is 5.41 Å². The summed E-state index contributed by atoms with van der Waals surface area (Å²) in [5.74, 6) is 1.15. The summed E-state index contributed by atoms with van der Waals surface area (Å²) < 4.78 is 0. The molecule has 3 heteroatoms. The Morgan fingerprint density at radius 2 is 2.25 bits per heavy atom. The molecule has 0 aromatic rings. The minimum atomic E-state index is -0.144. The Kier molecular flexibility index (Phi) is 3.87. The van der Waals surface area contributed by atoms with Crippen LogP contribution in [-0.4, -0.2) is 29.8 Å². The van der Waals surface area contributed by atoms with E-state index in [4.69, 9.17) is 5.73 Å². The predicted molar refractivity (Wildman–Crippen MR) is 54.3 cm³/mol. The van der Waals surface area contributed by atoms with E-state index in [0.29, 0.717) is 6.54 Å². The van der Waals surface area contributed by atoms with Gasteiger partial charge in [0, 0.05) is 12.0 Å². The molecule has 0 bridgehead atoms. The third-order valence-corrected chi connectivity index (χ3v) is 3.53. The molecule has 72 valence electrons. The Balaban J connectivity index is 2.15. The van der Waals surface area contributed by atoms with E-state index in [-0.39, 0.29) is 11.5 Å². The Labute approximate surface area is 78.9 Å². The molecule has 0 aliphatic heterocycles. The zero-order valence-corrected chi connectivity index (χ0v) is 8.57. The molecule has 0 aromatic heterocycles. The summed E-state index contributed by atoms with van der Waals surface area (Å²) in [6, 6.07) is 0. The summed E-state index contributed by atoms with van der Waals surface area (Å²) in [7, 11) is 0. The zero-order chi connectivity index (χ0) is 9.03. The van der Waals surface area contributed by atoms with E-state index in [9.17, 15) is 5.11 Å².